The molecule has 1 aliphatic heterocycles. The number of thiophene rings is 1. The van der Waals surface area contributed by atoms with Crippen LogP contribution in [0.25, 0.3) is 0 Å². The van der Waals surface area contributed by atoms with Crippen molar-refractivity contribution >= 4 is 37.1 Å². The quantitative estimate of drug-likeness (QED) is 0.793. The molecule has 1 fully saturated rings. The molecule has 0 saturated carbocycles. The molecule has 1 aromatic heterocycles. The van der Waals surface area contributed by atoms with Crippen molar-refractivity contribution in [3.05, 3.63) is 16.5 Å². The second kappa shape index (κ2) is 5.04. The zero-order chi connectivity index (χ0) is 16.1. The van der Waals surface area contributed by atoms with E-state index >= 15 is 0 Å². The van der Waals surface area contributed by atoms with Gasteiger partial charge in [0, 0.05) is 5.38 Å². The normalized spacial score (nSPS) is 24.9. The highest BCUT2D eigenvalue weighted by molar-refractivity contribution is 7.91. The van der Waals surface area contributed by atoms with E-state index in [1.54, 1.807) is 6.92 Å². The van der Waals surface area contributed by atoms with Crippen LogP contribution in [0.1, 0.15) is 29.3 Å². The van der Waals surface area contributed by atoms with Crippen molar-refractivity contribution in [2.45, 2.75) is 30.0 Å². The molecule has 1 unspecified atom stereocenters. The maximum absolute atomic E-state index is 12.2. The maximum atomic E-state index is 12.2. The molecular weight excluding hydrogens is 336 g/mol. The van der Waals surface area contributed by atoms with E-state index in [4.69, 9.17) is 5.14 Å². The molecule has 1 amide bonds. The molecule has 0 aromatic carbocycles. The van der Waals surface area contributed by atoms with Gasteiger partial charge in [0.15, 0.2) is 9.84 Å². The molecular formula is C11H16N2O5S3. The van der Waals surface area contributed by atoms with Crippen LogP contribution in [0.2, 0.25) is 0 Å². The molecule has 1 atom stereocenters. The zero-order valence-electron chi connectivity index (χ0n) is 11.5. The SMILES string of the molecule is Cc1c(C(=O)NC2(C)CCS(=O)(=O)C2)csc1S(N)(=O)=O. The summed E-state index contributed by atoms with van der Waals surface area (Å²) in [4.78, 5) is 12.2. The Morgan fingerprint density at radius 3 is 2.52 bits per heavy atom. The summed E-state index contributed by atoms with van der Waals surface area (Å²) < 4.78 is 45.7. The lowest BCUT2D eigenvalue weighted by atomic mass is 10.0. The summed E-state index contributed by atoms with van der Waals surface area (Å²) in [6.07, 6.45) is 0.340. The molecule has 0 radical (unpaired) electrons. The van der Waals surface area contributed by atoms with Gasteiger partial charge in [0.05, 0.1) is 22.6 Å². The highest BCUT2D eigenvalue weighted by Gasteiger charge is 2.40. The molecule has 2 heterocycles. The summed E-state index contributed by atoms with van der Waals surface area (Å²) in [6, 6.07) is 0. The topological polar surface area (TPSA) is 123 Å². The lowest BCUT2D eigenvalue weighted by molar-refractivity contribution is 0.0915. The maximum Gasteiger partial charge on any atom is 0.252 e. The average Bonchev–Trinajstić information content (AvgIpc) is 2.78. The number of hydrogen-bond donors (Lipinski definition) is 2. The third kappa shape index (κ3) is 3.44. The molecule has 0 aliphatic carbocycles. The monoisotopic (exact) mass is 352 g/mol. The first-order chi connectivity index (χ1) is 9.44. The van der Waals surface area contributed by atoms with Gasteiger partial charge in [0.1, 0.15) is 4.21 Å². The second-order valence-corrected chi connectivity index (χ2v) is 10.3. The number of carbonyl (C=O) groups excluding carboxylic acids is 1. The van der Waals surface area contributed by atoms with Gasteiger partial charge in [-0.3, -0.25) is 4.79 Å². The average molecular weight is 352 g/mol. The number of nitrogens with two attached hydrogens (primary N) is 1. The molecule has 1 aromatic rings. The number of amides is 1. The van der Waals surface area contributed by atoms with E-state index < -0.39 is 31.3 Å². The minimum absolute atomic E-state index is 0.0365. The molecule has 7 nitrogen and oxygen atoms in total. The van der Waals surface area contributed by atoms with Gasteiger partial charge in [-0.05, 0) is 25.8 Å². The van der Waals surface area contributed by atoms with Crippen molar-refractivity contribution in [2.24, 2.45) is 5.14 Å². The van der Waals surface area contributed by atoms with Crippen LogP contribution in [-0.4, -0.2) is 39.8 Å². The van der Waals surface area contributed by atoms with E-state index in [9.17, 15) is 21.6 Å². The lowest BCUT2D eigenvalue weighted by Gasteiger charge is -2.23. The van der Waals surface area contributed by atoms with Crippen LogP contribution in [0.15, 0.2) is 9.59 Å². The Morgan fingerprint density at radius 1 is 1.48 bits per heavy atom. The van der Waals surface area contributed by atoms with Crippen LogP contribution >= 0.6 is 11.3 Å². The Hall–Kier alpha value is -0.970. The number of nitrogens with one attached hydrogen (secondary N) is 1. The largest absolute Gasteiger partial charge is 0.346 e. The predicted molar refractivity (Wildman–Crippen MR) is 79.6 cm³/mol. The summed E-state index contributed by atoms with van der Waals surface area (Å²) in [5.41, 5.74) is -0.342. The van der Waals surface area contributed by atoms with Gasteiger partial charge < -0.3 is 5.32 Å². The Bertz CT molecular complexity index is 794. The molecule has 3 N–H and O–H groups in total. The van der Waals surface area contributed by atoms with Crippen molar-refractivity contribution in [2.75, 3.05) is 11.5 Å². The molecule has 1 aliphatic rings. The summed E-state index contributed by atoms with van der Waals surface area (Å²) in [5, 5.41) is 9.17. The predicted octanol–water partition coefficient (Wildman–Crippen LogP) is 0.0109. The van der Waals surface area contributed by atoms with Crippen LogP contribution in [0.5, 0.6) is 0 Å². The number of sulfone groups is 1. The first-order valence-corrected chi connectivity index (χ1v) is 10.3. The zero-order valence-corrected chi connectivity index (χ0v) is 14.0. The van der Waals surface area contributed by atoms with Crippen molar-refractivity contribution in [3.8, 4) is 0 Å². The minimum Gasteiger partial charge on any atom is -0.346 e. The minimum atomic E-state index is -3.86. The third-order valence-electron chi connectivity index (χ3n) is 3.42. The summed E-state index contributed by atoms with van der Waals surface area (Å²) in [6.45, 7) is 3.16. The molecule has 10 heteroatoms. The van der Waals surface area contributed by atoms with Crippen LogP contribution < -0.4 is 10.5 Å². The third-order valence-corrected chi connectivity index (χ3v) is 8.00. The fourth-order valence-corrected chi connectivity index (χ4v) is 6.46. The number of primary sulfonamides is 1. The van der Waals surface area contributed by atoms with Gasteiger partial charge in [-0.25, -0.2) is 22.0 Å². The molecule has 118 valence electrons. The van der Waals surface area contributed by atoms with Crippen molar-refractivity contribution < 1.29 is 21.6 Å². The van der Waals surface area contributed by atoms with E-state index in [2.05, 4.69) is 5.32 Å². The van der Waals surface area contributed by atoms with Crippen molar-refractivity contribution in [3.63, 3.8) is 0 Å². The lowest BCUT2D eigenvalue weighted by Crippen LogP contribution is -2.47. The van der Waals surface area contributed by atoms with E-state index in [1.807, 2.05) is 0 Å². The molecule has 21 heavy (non-hydrogen) atoms. The summed E-state index contributed by atoms with van der Waals surface area (Å²) >= 11 is 0.876. The Morgan fingerprint density at radius 2 is 2.10 bits per heavy atom. The smallest absolute Gasteiger partial charge is 0.252 e. The second-order valence-electron chi connectivity index (χ2n) is 5.46. The van der Waals surface area contributed by atoms with Crippen LogP contribution in [0, 0.1) is 6.92 Å². The van der Waals surface area contributed by atoms with Crippen LogP contribution in [-0.2, 0) is 19.9 Å². The van der Waals surface area contributed by atoms with Crippen LogP contribution in [0.4, 0.5) is 0 Å². The Labute approximate surface area is 127 Å². The number of sulfonamides is 1. The molecule has 2 rings (SSSR count). The van der Waals surface area contributed by atoms with Gasteiger partial charge in [-0.15, -0.1) is 11.3 Å². The van der Waals surface area contributed by atoms with Gasteiger partial charge in [0.2, 0.25) is 10.0 Å². The standard InChI is InChI=1S/C11H16N2O5S3/c1-7-8(5-19-10(7)21(12,17)18)9(14)13-11(2)3-4-20(15,16)6-11/h5H,3-4,6H2,1-2H3,(H,13,14)(H2,12,17,18). The fraction of sp³-hybridized carbons (Fsp3) is 0.545. The number of hydrogen-bond acceptors (Lipinski definition) is 6. The molecule has 0 spiro atoms. The van der Waals surface area contributed by atoms with Crippen molar-refractivity contribution in [1.29, 1.82) is 0 Å². The first kappa shape index (κ1) is 16.4. The molecule has 1 saturated heterocycles. The first-order valence-electron chi connectivity index (χ1n) is 6.07. The van der Waals surface area contributed by atoms with Gasteiger partial charge in [-0.2, -0.15) is 0 Å². The van der Waals surface area contributed by atoms with Gasteiger partial charge >= 0.3 is 0 Å². The number of rotatable bonds is 3. The highest BCUT2D eigenvalue weighted by atomic mass is 32.2. The summed E-state index contributed by atoms with van der Waals surface area (Å²) in [7, 11) is -7.00. The highest BCUT2D eigenvalue weighted by Crippen LogP contribution is 2.27. The fourth-order valence-electron chi connectivity index (χ4n) is 2.35. The number of carbonyl (C=O) groups is 1. The summed E-state index contributed by atoms with van der Waals surface area (Å²) in [5.74, 6) is -0.565. The Kier molecular flexibility index (Phi) is 3.94. The van der Waals surface area contributed by atoms with E-state index in [-0.39, 0.29) is 26.8 Å². The van der Waals surface area contributed by atoms with Crippen molar-refractivity contribution in [1.82, 2.24) is 5.32 Å². The van der Waals surface area contributed by atoms with E-state index in [1.165, 1.54) is 12.3 Å². The van der Waals surface area contributed by atoms with E-state index in [0.717, 1.165) is 11.3 Å². The van der Waals surface area contributed by atoms with Crippen LogP contribution in [0.3, 0.4) is 0 Å². The van der Waals surface area contributed by atoms with Gasteiger partial charge in [-0.1, -0.05) is 0 Å². The molecule has 0 bridgehead atoms. The Balaban J connectivity index is 2.25. The van der Waals surface area contributed by atoms with E-state index in [0.29, 0.717) is 6.42 Å². The van der Waals surface area contributed by atoms with Gasteiger partial charge in [0.25, 0.3) is 5.91 Å².